The fourth-order valence-electron chi connectivity index (χ4n) is 0. The molecule has 0 amide bonds. The molecule has 0 saturated heterocycles. The Morgan fingerprint density at radius 3 is 2.00 bits per heavy atom. The number of rotatable bonds is 0. The van der Waals surface area contributed by atoms with Crippen LogP contribution in [-0.2, 0) is 9.90 Å². The van der Waals surface area contributed by atoms with Crippen LogP contribution in [0.15, 0.2) is 0 Å². The molecule has 2 nitrogen and oxygen atoms in total. The molecule has 0 aromatic carbocycles. The smallest absolute Gasteiger partial charge is 0.248 e. The van der Waals surface area contributed by atoms with Crippen molar-refractivity contribution in [3.63, 3.8) is 0 Å². The third-order valence-corrected chi connectivity index (χ3v) is 0. The Balaban J connectivity index is 2.80. The summed E-state index contributed by atoms with van der Waals surface area (Å²) in [5.41, 5.74) is 0. The molecule has 0 aromatic heterocycles. The van der Waals surface area contributed by atoms with Gasteiger partial charge in [-0.3, -0.25) is 0 Å². The first-order valence-electron chi connectivity index (χ1n) is 0.908. The van der Waals surface area contributed by atoms with Crippen molar-refractivity contribution in [2.75, 3.05) is 0 Å². The van der Waals surface area contributed by atoms with Crippen LogP contribution < -0.4 is 0 Å². The van der Waals surface area contributed by atoms with Crippen LogP contribution in [0.4, 0.5) is 0 Å². The lowest BCUT2D eigenvalue weighted by atomic mass is 10.9. The molecular weight excluding hydrogens is 57.0 g/mol. The number of hydrogen-bond acceptors (Lipinski definition) is 1. The predicted molar refractivity (Wildman–Crippen MR) is 11.4 cm³/mol. The van der Waals surface area contributed by atoms with E-state index in [4.69, 9.17) is 9.90 Å². The van der Waals surface area contributed by atoms with E-state index in [0.717, 1.165) is 6.92 Å². The zero-order chi connectivity index (χ0) is 3.58. The van der Waals surface area contributed by atoms with Gasteiger partial charge < -0.3 is 0 Å². The third-order valence-electron chi connectivity index (χ3n) is 0. The first-order valence-corrected chi connectivity index (χ1v) is 0.908. The largest absolute Gasteiger partial charge is 0.352 e. The Kier molecular flexibility index (Phi) is 0.759. The van der Waals surface area contributed by atoms with Crippen molar-refractivity contribution in [2.24, 2.45) is 0 Å². The summed E-state index contributed by atoms with van der Waals surface area (Å²) in [6.07, 6.45) is 0. The summed E-state index contributed by atoms with van der Waals surface area (Å²) in [6.45, 7) is 0.972. The summed E-state index contributed by atoms with van der Waals surface area (Å²) in [5, 5.41) is 8.89. The van der Waals surface area contributed by atoms with E-state index < -0.39 is 5.97 Å². The van der Waals surface area contributed by atoms with Gasteiger partial charge in [0.1, 0.15) is 0 Å². The summed E-state index contributed by atoms with van der Waals surface area (Å²) in [6, 6.07) is 0. The van der Waals surface area contributed by atoms with Crippen molar-refractivity contribution >= 4 is 5.97 Å². The normalized spacial score (nSPS) is 6.25. The molecule has 0 bridgehead atoms. The molecule has 0 rings (SSSR count). The van der Waals surface area contributed by atoms with Crippen molar-refractivity contribution in [3.05, 3.63) is 0 Å². The molecule has 23 valence electrons. The van der Waals surface area contributed by atoms with E-state index in [9.17, 15) is 0 Å². The topological polar surface area (TPSA) is 37.0 Å². The van der Waals surface area contributed by atoms with Gasteiger partial charge in [0.15, 0.2) is 0 Å². The predicted octanol–water partition coefficient (Wildman–Crippen LogP) is -0.0366. The summed E-state index contributed by atoms with van der Waals surface area (Å²) >= 11 is 0. The lowest BCUT2D eigenvalue weighted by Crippen LogP contribution is -1.74. The van der Waals surface area contributed by atoms with Crippen molar-refractivity contribution < 1.29 is 9.90 Å². The minimum absolute atomic E-state index is 0.972. The van der Waals surface area contributed by atoms with E-state index in [1.54, 1.807) is 0 Å². The lowest BCUT2D eigenvalue weighted by molar-refractivity contribution is -0.140. The minimum Gasteiger partial charge on any atom is -0.248 e. The second kappa shape index (κ2) is 0.875. The van der Waals surface area contributed by atoms with Crippen LogP contribution in [0.3, 0.4) is 0 Å². The molecular formula is C2H3O2. The van der Waals surface area contributed by atoms with Gasteiger partial charge in [0, 0.05) is 6.92 Å². The highest BCUT2D eigenvalue weighted by Gasteiger charge is 1.71. The van der Waals surface area contributed by atoms with Crippen molar-refractivity contribution in [1.82, 2.24) is 0 Å². The fraction of sp³-hybridized carbons (Fsp3) is 0.500. The zero-order valence-electron chi connectivity index (χ0n) is 2.32. The van der Waals surface area contributed by atoms with Gasteiger partial charge in [-0.15, -0.1) is 0 Å². The Hall–Kier alpha value is -0.530. The van der Waals surface area contributed by atoms with E-state index in [1.165, 1.54) is 0 Å². The van der Waals surface area contributed by atoms with E-state index >= 15 is 0 Å². The Morgan fingerprint density at radius 2 is 2.00 bits per heavy atom. The maximum atomic E-state index is 8.89. The molecule has 1 radical (unpaired) electrons. The molecule has 0 aliphatic carbocycles. The van der Waals surface area contributed by atoms with Crippen LogP contribution in [0.1, 0.15) is 6.92 Å². The van der Waals surface area contributed by atoms with Gasteiger partial charge in [0.05, 0.1) is 0 Å². The molecule has 4 heavy (non-hydrogen) atoms. The minimum atomic E-state index is -1.08. The second-order valence-corrected chi connectivity index (χ2v) is 0.492. The highest BCUT2D eigenvalue weighted by Crippen LogP contribution is 1.45. The van der Waals surface area contributed by atoms with Gasteiger partial charge in [0.25, 0.3) is 0 Å². The first-order chi connectivity index (χ1) is 1.73. The Bertz CT molecular complexity index is 27.0. The van der Waals surface area contributed by atoms with Gasteiger partial charge in [-0.2, -0.15) is 0 Å². The van der Waals surface area contributed by atoms with Gasteiger partial charge in [-0.05, 0) is 0 Å². The molecule has 0 spiro atoms. The molecule has 0 heterocycles. The van der Waals surface area contributed by atoms with Gasteiger partial charge in [-0.25, -0.2) is 9.90 Å². The maximum Gasteiger partial charge on any atom is 0.352 e. The second-order valence-electron chi connectivity index (χ2n) is 0.492. The summed E-state index contributed by atoms with van der Waals surface area (Å²) in [5.74, 6) is -1.08. The highest BCUT2D eigenvalue weighted by atomic mass is 17.2. The SMILES string of the molecule is CC(=O)[17O]. The number of carbonyl (C=O) groups excluding carboxylic acids is 1. The van der Waals surface area contributed by atoms with E-state index in [1.807, 2.05) is 0 Å². The van der Waals surface area contributed by atoms with Crippen LogP contribution in [0.25, 0.3) is 0 Å². The molecule has 0 aromatic rings. The van der Waals surface area contributed by atoms with E-state index in [-0.39, 0.29) is 0 Å². The molecule has 0 N–H and O–H groups in total. The van der Waals surface area contributed by atoms with Crippen LogP contribution in [-0.4, -0.2) is 5.97 Å². The Morgan fingerprint density at radius 1 is 2.00 bits per heavy atom. The third kappa shape index (κ3) is 1.16. The monoisotopic (exact) mass is 60.0 g/mol. The van der Waals surface area contributed by atoms with Gasteiger partial charge in [-0.1, -0.05) is 0 Å². The molecule has 0 atom stereocenters. The van der Waals surface area contributed by atoms with Crippen molar-refractivity contribution in [2.45, 2.75) is 6.92 Å². The molecule has 2 heteroatoms. The first kappa shape index (κ1) is 3.47. The van der Waals surface area contributed by atoms with E-state index in [0.29, 0.717) is 0 Å². The zero-order valence-corrected chi connectivity index (χ0v) is 2.32. The standard InChI is InChI=1S/C2H3O2/c1-2(3)4/h1H3/i3+1. The maximum absolute atomic E-state index is 8.89. The molecule has 0 unspecified atom stereocenters. The number of hydrogen-bond donors (Lipinski definition) is 0. The van der Waals surface area contributed by atoms with Crippen LogP contribution in [0, 0.1) is 0 Å². The number of carbonyl (C=O) groups is 1. The molecule has 0 fully saturated rings. The highest BCUT2D eigenvalue weighted by molar-refractivity contribution is 5.62. The fourth-order valence-corrected chi connectivity index (χ4v) is 0. The lowest BCUT2D eigenvalue weighted by Gasteiger charge is -1.50. The Labute approximate surface area is 24.1 Å². The van der Waals surface area contributed by atoms with Gasteiger partial charge >= 0.3 is 5.97 Å². The molecule has 0 saturated carbocycles. The van der Waals surface area contributed by atoms with E-state index in [2.05, 4.69) is 0 Å². The summed E-state index contributed by atoms with van der Waals surface area (Å²) < 4.78 is 0. The van der Waals surface area contributed by atoms with Crippen LogP contribution in [0.2, 0.25) is 0 Å². The van der Waals surface area contributed by atoms with Crippen LogP contribution in [0.5, 0.6) is 0 Å². The van der Waals surface area contributed by atoms with Crippen LogP contribution >= 0.6 is 0 Å². The van der Waals surface area contributed by atoms with Crippen molar-refractivity contribution in [1.29, 1.82) is 0 Å². The molecule has 0 aliphatic rings. The quantitative estimate of drug-likeness (QED) is 0.386. The average Bonchev–Trinajstić information content (AvgIpc) is 0.811. The molecule has 0 aliphatic heterocycles. The average molecular weight is 60.0 g/mol. The van der Waals surface area contributed by atoms with Crippen molar-refractivity contribution in [3.8, 4) is 0 Å². The summed E-state index contributed by atoms with van der Waals surface area (Å²) in [7, 11) is 0. The summed E-state index contributed by atoms with van der Waals surface area (Å²) in [4.78, 5) is 8.89. The van der Waals surface area contributed by atoms with Gasteiger partial charge in [0.2, 0.25) is 0 Å².